The van der Waals surface area contributed by atoms with Gasteiger partial charge in [0, 0.05) is 24.7 Å². The highest BCUT2D eigenvalue weighted by Gasteiger charge is 2.17. The zero-order valence-electron chi connectivity index (χ0n) is 15.1. The molecule has 7 nitrogen and oxygen atoms in total. The topological polar surface area (TPSA) is 95.0 Å². The average Bonchev–Trinajstić information content (AvgIpc) is 2.97. The Morgan fingerprint density at radius 2 is 2.08 bits per heavy atom. The third-order valence-electron chi connectivity index (χ3n) is 4.06. The molecule has 0 aliphatic rings. The number of anilines is 2. The summed E-state index contributed by atoms with van der Waals surface area (Å²) in [6.07, 6.45) is 1.55. The number of carbonyl (C=O) groups is 1. The van der Waals surface area contributed by atoms with Crippen molar-refractivity contribution in [2.75, 3.05) is 23.8 Å². The van der Waals surface area contributed by atoms with E-state index >= 15 is 0 Å². The Balaban J connectivity index is 1.95. The minimum absolute atomic E-state index is 0.0622. The molecule has 1 N–H and O–H groups in total. The lowest BCUT2D eigenvalue weighted by atomic mass is 10.0. The first-order valence-electron chi connectivity index (χ1n) is 8.13. The van der Waals surface area contributed by atoms with Crippen LogP contribution in [0, 0.1) is 32.1 Å². The summed E-state index contributed by atoms with van der Waals surface area (Å²) in [6.45, 7) is 5.79. The summed E-state index contributed by atoms with van der Waals surface area (Å²) < 4.78 is 4.95. The molecule has 132 valence electrons. The molecule has 0 aliphatic carbocycles. The van der Waals surface area contributed by atoms with Crippen LogP contribution in [0.2, 0.25) is 0 Å². The van der Waals surface area contributed by atoms with Gasteiger partial charge in [0.15, 0.2) is 5.82 Å². The summed E-state index contributed by atoms with van der Waals surface area (Å²) >= 11 is 0. The molecule has 0 aliphatic heterocycles. The third kappa shape index (κ3) is 3.35. The van der Waals surface area contributed by atoms with Crippen LogP contribution in [0.4, 0.5) is 11.5 Å². The van der Waals surface area contributed by atoms with E-state index in [1.165, 1.54) is 0 Å². The van der Waals surface area contributed by atoms with E-state index in [0.717, 1.165) is 22.0 Å². The molecule has 7 heteroatoms. The second-order valence-electron chi connectivity index (χ2n) is 6.34. The monoisotopic (exact) mass is 349 g/mol. The molecule has 2 aromatic heterocycles. The number of aryl methyl sites for hydroxylation is 3. The largest absolute Gasteiger partial charge is 0.364 e. The van der Waals surface area contributed by atoms with Crippen LogP contribution in [0.15, 0.2) is 28.9 Å². The van der Waals surface area contributed by atoms with E-state index in [4.69, 9.17) is 4.52 Å². The highest BCUT2D eigenvalue weighted by molar-refractivity contribution is 5.99. The van der Waals surface area contributed by atoms with Crippen molar-refractivity contribution in [3.05, 3.63) is 46.8 Å². The van der Waals surface area contributed by atoms with Gasteiger partial charge in [-0.1, -0.05) is 16.8 Å². The molecule has 0 radical (unpaired) electrons. The normalized spacial score (nSPS) is 10.6. The molecule has 2 heterocycles. The van der Waals surface area contributed by atoms with Gasteiger partial charge in [-0.3, -0.25) is 9.78 Å². The summed E-state index contributed by atoms with van der Waals surface area (Å²) in [4.78, 5) is 18.5. The van der Waals surface area contributed by atoms with Crippen molar-refractivity contribution in [1.82, 2.24) is 10.1 Å². The van der Waals surface area contributed by atoms with Crippen LogP contribution in [0.3, 0.4) is 0 Å². The average molecular weight is 349 g/mol. The molecular formula is C19H19N5O2. The summed E-state index contributed by atoms with van der Waals surface area (Å²) in [7, 11) is 1.78. The number of carbonyl (C=O) groups excluding carboxylic acids is 1. The number of likely N-dealkylation sites (N-methyl/N-ethyl adjacent to an activating group) is 1. The third-order valence-corrected chi connectivity index (χ3v) is 4.06. The van der Waals surface area contributed by atoms with Crippen molar-refractivity contribution in [1.29, 1.82) is 5.26 Å². The van der Waals surface area contributed by atoms with Gasteiger partial charge in [0.25, 0.3) is 0 Å². The molecule has 0 spiro atoms. The molecule has 1 aromatic carbocycles. The van der Waals surface area contributed by atoms with E-state index in [9.17, 15) is 10.1 Å². The van der Waals surface area contributed by atoms with E-state index in [-0.39, 0.29) is 12.5 Å². The Hall–Kier alpha value is -3.40. The van der Waals surface area contributed by atoms with Gasteiger partial charge in [0.2, 0.25) is 5.91 Å². The molecule has 0 saturated carbocycles. The summed E-state index contributed by atoms with van der Waals surface area (Å²) in [5.74, 6) is 0.734. The standard InChI is InChI=1S/C19H19N5O2/c1-11-5-12(2)18-15(6-11)19(14(8-20)9-21-18)24(4)10-17(25)22-16-7-13(3)26-23-16/h5-7,9H,10H2,1-4H3,(H,22,23,25). The van der Waals surface area contributed by atoms with E-state index in [1.54, 1.807) is 31.1 Å². The molecule has 3 aromatic rings. The summed E-state index contributed by atoms with van der Waals surface area (Å²) in [6, 6.07) is 7.85. The lowest BCUT2D eigenvalue weighted by molar-refractivity contribution is -0.115. The van der Waals surface area contributed by atoms with Gasteiger partial charge in [0.1, 0.15) is 11.8 Å². The first-order valence-corrected chi connectivity index (χ1v) is 8.13. The molecule has 0 atom stereocenters. The van der Waals surface area contributed by atoms with Crippen molar-refractivity contribution in [2.45, 2.75) is 20.8 Å². The minimum Gasteiger partial charge on any atom is -0.364 e. The number of fused-ring (bicyclic) bond motifs is 1. The highest BCUT2D eigenvalue weighted by atomic mass is 16.5. The number of amides is 1. The number of hydrogen-bond donors (Lipinski definition) is 1. The van der Waals surface area contributed by atoms with Gasteiger partial charge in [0.05, 0.1) is 23.3 Å². The van der Waals surface area contributed by atoms with Gasteiger partial charge in [-0.25, -0.2) is 0 Å². The summed E-state index contributed by atoms with van der Waals surface area (Å²) in [5.41, 5.74) is 4.04. The zero-order chi connectivity index (χ0) is 18.8. The molecular weight excluding hydrogens is 330 g/mol. The van der Waals surface area contributed by atoms with Gasteiger partial charge >= 0.3 is 0 Å². The Morgan fingerprint density at radius 1 is 1.31 bits per heavy atom. The first-order chi connectivity index (χ1) is 12.4. The maximum absolute atomic E-state index is 12.3. The SMILES string of the molecule is Cc1cc(C)c2ncc(C#N)c(N(C)CC(=O)Nc3cc(C)on3)c2c1. The van der Waals surface area contributed by atoms with Gasteiger partial charge in [-0.2, -0.15) is 5.26 Å². The maximum Gasteiger partial charge on any atom is 0.245 e. The second kappa shape index (κ2) is 6.84. The van der Waals surface area contributed by atoms with E-state index in [0.29, 0.717) is 22.8 Å². The minimum atomic E-state index is -0.251. The lowest BCUT2D eigenvalue weighted by Crippen LogP contribution is -2.30. The zero-order valence-corrected chi connectivity index (χ0v) is 15.1. The molecule has 26 heavy (non-hydrogen) atoms. The fraction of sp³-hybridized carbons (Fsp3) is 0.263. The number of nitrogens with zero attached hydrogens (tertiary/aromatic N) is 4. The maximum atomic E-state index is 12.3. The lowest BCUT2D eigenvalue weighted by Gasteiger charge is -2.22. The second-order valence-corrected chi connectivity index (χ2v) is 6.34. The predicted octanol–water partition coefficient (Wildman–Crippen LogP) is 3.09. The Morgan fingerprint density at radius 3 is 2.73 bits per heavy atom. The predicted molar refractivity (Wildman–Crippen MR) is 99.1 cm³/mol. The van der Waals surface area contributed by atoms with Crippen LogP contribution in [-0.2, 0) is 4.79 Å². The number of nitrogens with one attached hydrogen (secondary N) is 1. The van der Waals surface area contributed by atoms with Gasteiger partial charge in [-0.05, 0) is 32.4 Å². The number of pyridine rings is 1. The van der Waals surface area contributed by atoms with E-state index in [1.807, 2.05) is 26.0 Å². The Bertz CT molecular complexity index is 1030. The van der Waals surface area contributed by atoms with Crippen LogP contribution in [-0.4, -0.2) is 29.6 Å². The van der Waals surface area contributed by atoms with Crippen molar-refractivity contribution in [3.8, 4) is 6.07 Å². The molecule has 0 fully saturated rings. The fourth-order valence-corrected chi connectivity index (χ4v) is 3.04. The first kappa shape index (κ1) is 17.4. The number of aromatic nitrogens is 2. The fourth-order valence-electron chi connectivity index (χ4n) is 3.04. The van der Waals surface area contributed by atoms with Gasteiger partial charge < -0.3 is 14.7 Å². The Labute approximate surface area is 151 Å². The molecule has 0 saturated heterocycles. The van der Waals surface area contributed by atoms with E-state index < -0.39 is 0 Å². The number of nitriles is 1. The highest BCUT2D eigenvalue weighted by Crippen LogP contribution is 2.31. The van der Waals surface area contributed by atoms with E-state index in [2.05, 4.69) is 21.5 Å². The summed E-state index contributed by atoms with van der Waals surface area (Å²) in [5, 5.41) is 16.8. The van der Waals surface area contributed by atoms with Crippen molar-refractivity contribution in [3.63, 3.8) is 0 Å². The van der Waals surface area contributed by atoms with Crippen LogP contribution >= 0.6 is 0 Å². The van der Waals surface area contributed by atoms with Crippen LogP contribution in [0.1, 0.15) is 22.5 Å². The van der Waals surface area contributed by atoms with Crippen LogP contribution in [0.25, 0.3) is 10.9 Å². The van der Waals surface area contributed by atoms with Crippen LogP contribution < -0.4 is 10.2 Å². The molecule has 0 unspecified atom stereocenters. The molecule has 3 rings (SSSR count). The van der Waals surface area contributed by atoms with Crippen molar-refractivity contribution < 1.29 is 9.32 Å². The van der Waals surface area contributed by atoms with Crippen molar-refractivity contribution >= 4 is 28.3 Å². The Kier molecular flexibility index (Phi) is 4.59. The van der Waals surface area contributed by atoms with Crippen molar-refractivity contribution in [2.24, 2.45) is 0 Å². The smallest absolute Gasteiger partial charge is 0.245 e. The number of benzene rings is 1. The quantitative estimate of drug-likeness (QED) is 0.778. The van der Waals surface area contributed by atoms with Gasteiger partial charge in [-0.15, -0.1) is 0 Å². The number of hydrogen-bond acceptors (Lipinski definition) is 6. The molecule has 1 amide bonds. The number of rotatable bonds is 4. The van der Waals surface area contributed by atoms with Crippen LogP contribution in [0.5, 0.6) is 0 Å². The molecule has 0 bridgehead atoms.